The number of hydrogen-bond acceptors (Lipinski definition) is 6. The molecule has 4 aliphatic rings. The highest BCUT2D eigenvalue weighted by Gasteiger charge is 2.69. The summed E-state index contributed by atoms with van der Waals surface area (Å²) in [7, 11) is 3.24. The molecule has 2 N–H and O–H groups in total. The predicted molar refractivity (Wildman–Crippen MR) is 101 cm³/mol. The van der Waals surface area contributed by atoms with Gasteiger partial charge < -0.3 is 24.6 Å². The number of hydrogen-bond donors (Lipinski definition) is 2. The van der Waals surface area contributed by atoms with Gasteiger partial charge in [-0.1, -0.05) is 6.92 Å². The summed E-state index contributed by atoms with van der Waals surface area (Å²) in [6.45, 7) is 4.20. The van der Waals surface area contributed by atoms with Gasteiger partial charge >= 0.3 is 0 Å². The zero-order valence-electron chi connectivity index (χ0n) is 16.6. The number of ketones is 1. The van der Waals surface area contributed by atoms with Crippen molar-refractivity contribution in [3.8, 4) is 0 Å². The van der Waals surface area contributed by atoms with Gasteiger partial charge in [0, 0.05) is 38.6 Å². The molecule has 4 fully saturated rings. The van der Waals surface area contributed by atoms with E-state index in [1.165, 1.54) is 0 Å². The highest BCUT2D eigenvalue weighted by atomic mass is 35.5. The summed E-state index contributed by atoms with van der Waals surface area (Å²) in [5.74, 6) is -0.550. The smallest absolute Gasteiger partial charge is 0.175 e. The third kappa shape index (κ3) is 2.82. The molecule has 0 aromatic carbocycles. The van der Waals surface area contributed by atoms with Crippen LogP contribution in [0.5, 0.6) is 0 Å². The first-order valence-corrected chi connectivity index (χ1v) is 10.6. The molecule has 2 saturated carbocycles. The zero-order valence-corrected chi connectivity index (χ0v) is 17.3. The van der Waals surface area contributed by atoms with Gasteiger partial charge in [-0.05, 0) is 32.1 Å². The highest BCUT2D eigenvalue weighted by Crippen LogP contribution is 2.53. The Morgan fingerprint density at radius 3 is 2.56 bits per heavy atom. The second-order valence-corrected chi connectivity index (χ2v) is 9.49. The van der Waals surface area contributed by atoms with Crippen molar-refractivity contribution >= 4 is 17.4 Å². The summed E-state index contributed by atoms with van der Waals surface area (Å²) in [6, 6.07) is 0.662. The lowest BCUT2D eigenvalue weighted by atomic mass is 9.61. The van der Waals surface area contributed by atoms with E-state index in [2.05, 4.69) is 12.2 Å². The fourth-order valence-electron chi connectivity index (χ4n) is 6.17. The number of Topliss-reactive ketones (excluding diaryl/α,β-unsaturated/α-hetero) is 1. The van der Waals surface area contributed by atoms with Crippen LogP contribution in [0.3, 0.4) is 0 Å². The molecular formula is C20H32ClNO5. The Hall–Kier alpha value is -0.240. The molecule has 1 spiro atoms. The maximum Gasteiger partial charge on any atom is 0.175 e. The van der Waals surface area contributed by atoms with Crippen LogP contribution in [0.2, 0.25) is 0 Å². The number of aliphatic hydroxyl groups excluding tert-OH is 1. The molecule has 2 heterocycles. The normalized spacial score (nSPS) is 55.4. The number of ether oxygens (including phenoxy) is 3. The number of nitrogens with one attached hydrogen (secondary N) is 1. The van der Waals surface area contributed by atoms with E-state index in [1.807, 2.05) is 6.92 Å². The molecule has 0 radical (unpaired) electrons. The van der Waals surface area contributed by atoms with Crippen LogP contribution < -0.4 is 5.32 Å². The molecule has 7 heteroatoms. The number of carbonyl (C=O) groups is 1. The van der Waals surface area contributed by atoms with Gasteiger partial charge in [0.2, 0.25) is 0 Å². The quantitative estimate of drug-likeness (QED) is 0.683. The van der Waals surface area contributed by atoms with Crippen LogP contribution in [0.25, 0.3) is 0 Å². The van der Waals surface area contributed by atoms with Crippen LogP contribution in [-0.2, 0) is 19.0 Å². The van der Waals surface area contributed by atoms with Crippen LogP contribution in [-0.4, -0.2) is 72.6 Å². The highest BCUT2D eigenvalue weighted by molar-refractivity contribution is 6.22. The number of piperidine rings is 1. The number of rotatable bonds is 2. The zero-order chi connectivity index (χ0) is 19.5. The van der Waals surface area contributed by atoms with E-state index < -0.39 is 29.1 Å². The molecule has 27 heavy (non-hydrogen) atoms. The Bertz CT molecular complexity index is 591. The molecule has 11 atom stereocenters. The average Bonchev–Trinajstić information content (AvgIpc) is 2.96. The standard InChI is InChI=1S/C20H32ClNO5/c1-9-7-12-11(6-5-10(2)22-12)18(23)20(9)19(24)15-13(25-3)8-14(26-4)16(21)17(15)27-20/h9-18,22-23H,5-8H2,1-4H3/t9-,10?,11?,12?,13?,14?,15?,16?,17?,18?,20+/m1/s1. The van der Waals surface area contributed by atoms with Crippen LogP contribution in [0.4, 0.5) is 0 Å². The number of halogens is 1. The van der Waals surface area contributed by atoms with Gasteiger partial charge in [0.25, 0.3) is 0 Å². The lowest BCUT2D eigenvalue weighted by Crippen LogP contribution is -2.67. The van der Waals surface area contributed by atoms with E-state index in [0.717, 1.165) is 19.3 Å². The van der Waals surface area contributed by atoms with Gasteiger partial charge in [0.1, 0.15) is 0 Å². The minimum Gasteiger partial charge on any atom is -0.389 e. The van der Waals surface area contributed by atoms with E-state index >= 15 is 0 Å². The maximum absolute atomic E-state index is 13.7. The molecule has 0 aromatic heterocycles. The lowest BCUT2D eigenvalue weighted by Gasteiger charge is -2.52. The molecule has 0 amide bonds. The minimum absolute atomic E-state index is 0.0227. The van der Waals surface area contributed by atoms with E-state index in [1.54, 1.807) is 14.2 Å². The van der Waals surface area contributed by atoms with Crippen molar-refractivity contribution in [2.45, 2.75) is 87.0 Å². The maximum atomic E-state index is 13.7. The molecule has 4 rings (SSSR count). The number of methoxy groups -OCH3 is 2. The molecule has 6 nitrogen and oxygen atoms in total. The Labute approximate surface area is 166 Å². The summed E-state index contributed by atoms with van der Waals surface area (Å²) in [4.78, 5) is 13.7. The van der Waals surface area contributed by atoms with Crippen molar-refractivity contribution in [3.05, 3.63) is 0 Å². The number of aliphatic hydroxyl groups is 1. The van der Waals surface area contributed by atoms with E-state index in [0.29, 0.717) is 12.5 Å². The molecule has 154 valence electrons. The van der Waals surface area contributed by atoms with Crippen molar-refractivity contribution in [2.24, 2.45) is 17.8 Å². The molecule has 2 saturated heterocycles. The first-order valence-electron chi connectivity index (χ1n) is 10.2. The molecule has 9 unspecified atom stereocenters. The second kappa shape index (κ2) is 7.22. The number of alkyl halides is 1. The van der Waals surface area contributed by atoms with Gasteiger partial charge in [0.15, 0.2) is 11.4 Å². The fraction of sp³-hybridized carbons (Fsp3) is 0.950. The average molecular weight is 402 g/mol. The molecule has 0 bridgehead atoms. The predicted octanol–water partition coefficient (Wildman–Crippen LogP) is 1.51. The summed E-state index contributed by atoms with van der Waals surface area (Å²) >= 11 is 6.67. The van der Waals surface area contributed by atoms with E-state index in [9.17, 15) is 9.90 Å². The van der Waals surface area contributed by atoms with Gasteiger partial charge in [-0.3, -0.25) is 4.79 Å². The molecule has 0 aromatic rings. The SMILES string of the molecule is COC1CC(OC)C2C(=O)[C@@]3(OC2C1Cl)C(O)C1CCC(C)NC1C[C@H]3C. The van der Waals surface area contributed by atoms with Gasteiger partial charge in [0.05, 0.1) is 35.7 Å². The van der Waals surface area contributed by atoms with Crippen molar-refractivity contribution in [1.82, 2.24) is 5.32 Å². The van der Waals surface area contributed by atoms with Crippen LogP contribution in [0.1, 0.15) is 39.5 Å². The lowest BCUT2D eigenvalue weighted by molar-refractivity contribution is -0.199. The van der Waals surface area contributed by atoms with Crippen LogP contribution in [0, 0.1) is 17.8 Å². The van der Waals surface area contributed by atoms with Gasteiger partial charge in [-0.15, -0.1) is 11.6 Å². The van der Waals surface area contributed by atoms with Crippen molar-refractivity contribution in [3.63, 3.8) is 0 Å². The third-order valence-electron chi connectivity index (χ3n) is 7.65. The molecule has 2 aliphatic heterocycles. The Morgan fingerprint density at radius 2 is 1.89 bits per heavy atom. The first-order chi connectivity index (χ1) is 12.8. The first kappa shape index (κ1) is 20.0. The Morgan fingerprint density at radius 1 is 1.19 bits per heavy atom. The summed E-state index contributed by atoms with van der Waals surface area (Å²) in [6.07, 6.45) is 1.41. The van der Waals surface area contributed by atoms with E-state index in [-0.39, 0.29) is 35.9 Å². The summed E-state index contributed by atoms with van der Waals surface area (Å²) < 4.78 is 17.6. The summed E-state index contributed by atoms with van der Waals surface area (Å²) in [5.41, 5.74) is -1.19. The van der Waals surface area contributed by atoms with Gasteiger partial charge in [-0.25, -0.2) is 0 Å². The van der Waals surface area contributed by atoms with Crippen LogP contribution >= 0.6 is 11.6 Å². The van der Waals surface area contributed by atoms with Crippen molar-refractivity contribution < 1.29 is 24.1 Å². The molecular weight excluding hydrogens is 370 g/mol. The van der Waals surface area contributed by atoms with Crippen molar-refractivity contribution in [2.75, 3.05) is 14.2 Å². The Kier molecular flexibility index (Phi) is 5.36. The van der Waals surface area contributed by atoms with E-state index in [4.69, 9.17) is 25.8 Å². The Balaban J connectivity index is 1.68. The molecule has 2 aliphatic carbocycles. The minimum atomic E-state index is -1.19. The number of fused-ring (bicyclic) bond motifs is 2. The van der Waals surface area contributed by atoms with Crippen molar-refractivity contribution in [1.29, 1.82) is 0 Å². The van der Waals surface area contributed by atoms with Crippen LogP contribution in [0.15, 0.2) is 0 Å². The number of carbonyl (C=O) groups excluding carboxylic acids is 1. The third-order valence-corrected chi connectivity index (χ3v) is 8.17. The van der Waals surface area contributed by atoms with Gasteiger partial charge in [-0.2, -0.15) is 0 Å². The monoisotopic (exact) mass is 401 g/mol. The fourth-order valence-corrected chi connectivity index (χ4v) is 6.59. The second-order valence-electron chi connectivity index (χ2n) is 8.99. The topological polar surface area (TPSA) is 77.0 Å². The summed E-state index contributed by atoms with van der Waals surface area (Å²) in [5, 5.41) is 14.6. The largest absolute Gasteiger partial charge is 0.389 e.